The van der Waals surface area contributed by atoms with E-state index < -0.39 is 0 Å². The molecule has 1 heterocycles. The van der Waals surface area contributed by atoms with Crippen LogP contribution in [0, 0.1) is 0 Å². The van der Waals surface area contributed by atoms with Crippen molar-refractivity contribution in [2.45, 2.75) is 12.8 Å². The zero-order chi connectivity index (χ0) is 12.3. The van der Waals surface area contributed by atoms with Crippen molar-refractivity contribution >= 4 is 0 Å². The number of ether oxygens (including phenoxy) is 1. The lowest BCUT2D eigenvalue weighted by atomic mass is 10.2. The Bertz CT molecular complexity index is 271. The summed E-state index contributed by atoms with van der Waals surface area (Å²) in [6, 6.07) is 4.13. The highest BCUT2D eigenvalue weighted by Gasteiger charge is 2.04. The van der Waals surface area contributed by atoms with Crippen molar-refractivity contribution in [1.29, 1.82) is 0 Å². The van der Waals surface area contributed by atoms with Crippen molar-refractivity contribution in [2.75, 3.05) is 39.9 Å². The van der Waals surface area contributed by atoms with Crippen molar-refractivity contribution in [3.8, 4) is 0 Å². The molecule has 0 bridgehead atoms. The van der Waals surface area contributed by atoms with Gasteiger partial charge in [-0.3, -0.25) is 4.98 Å². The van der Waals surface area contributed by atoms with Gasteiger partial charge in [-0.2, -0.15) is 0 Å². The summed E-state index contributed by atoms with van der Waals surface area (Å²) in [5.41, 5.74) is 6.88. The summed E-state index contributed by atoms with van der Waals surface area (Å²) in [4.78, 5) is 6.42. The third-order valence-corrected chi connectivity index (χ3v) is 2.76. The molecule has 0 aliphatic heterocycles. The SMILES string of the molecule is COCCN(CCCN)CCc1ccncc1. The summed E-state index contributed by atoms with van der Waals surface area (Å²) >= 11 is 0. The summed E-state index contributed by atoms with van der Waals surface area (Å²) in [7, 11) is 1.74. The fourth-order valence-electron chi connectivity index (χ4n) is 1.71. The maximum absolute atomic E-state index is 5.55. The van der Waals surface area contributed by atoms with E-state index in [0.717, 1.165) is 45.6 Å². The average molecular weight is 237 g/mol. The van der Waals surface area contributed by atoms with Crippen LogP contribution >= 0.6 is 0 Å². The van der Waals surface area contributed by atoms with Crippen LogP contribution in [0.15, 0.2) is 24.5 Å². The molecule has 0 unspecified atom stereocenters. The predicted octanol–water partition coefficient (Wildman–Crippen LogP) is 0.921. The van der Waals surface area contributed by atoms with E-state index in [1.807, 2.05) is 12.4 Å². The minimum atomic E-state index is 0.749. The molecule has 0 saturated heterocycles. The number of methoxy groups -OCH3 is 1. The summed E-state index contributed by atoms with van der Waals surface area (Å²) in [6.07, 6.45) is 5.78. The smallest absolute Gasteiger partial charge is 0.0589 e. The third kappa shape index (κ3) is 6.36. The van der Waals surface area contributed by atoms with E-state index in [2.05, 4.69) is 22.0 Å². The van der Waals surface area contributed by atoms with Gasteiger partial charge in [0.15, 0.2) is 0 Å². The standard InChI is InChI=1S/C13H23N3O/c1-17-12-11-16(9-2-6-14)10-5-13-3-7-15-8-4-13/h3-4,7-8H,2,5-6,9-12,14H2,1H3. The van der Waals surface area contributed by atoms with Gasteiger partial charge in [-0.05, 0) is 43.6 Å². The van der Waals surface area contributed by atoms with Gasteiger partial charge in [0, 0.05) is 32.6 Å². The number of nitrogens with two attached hydrogens (primary N) is 1. The fourth-order valence-corrected chi connectivity index (χ4v) is 1.71. The molecule has 17 heavy (non-hydrogen) atoms. The van der Waals surface area contributed by atoms with Gasteiger partial charge in [-0.15, -0.1) is 0 Å². The Morgan fingerprint density at radius 1 is 1.24 bits per heavy atom. The topological polar surface area (TPSA) is 51.4 Å². The first-order valence-electron chi connectivity index (χ1n) is 6.17. The van der Waals surface area contributed by atoms with E-state index in [9.17, 15) is 0 Å². The first kappa shape index (κ1) is 14.1. The van der Waals surface area contributed by atoms with Crippen LogP contribution in [0.2, 0.25) is 0 Å². The Morgan fingerprint density at radius 2 is 2.00 bits per heavy atom. The van der Waals surface area contributed by atoms with Gasteiger partial charge in [-0.25, -0.2) is 0 Å². The molecule has 0 aromatic carbocycles. The van der Waals surface area contributed by atoms with Gasteiger partial charge >= 0.3 is 0 Å². The molecule has 4 nitrogen and oxygen atoms in total. The number of nitrogens with zero attached hydrogens (tertiary/aromatic N) is 2. The lowest BCUT2D eigenvalue weighted by Gasteiger charge is -2.21. The maximum atomic E-state index is 5.55. The monoisotopic (exact) mass is 237 g/mol. The van der Waals surface area contributed by atoms with Crippen LogP contribution in [-0.4, -0.2) is 49.8 Å². The highest BCUT2D eigenvalue weighted by molar-refractivity contribution is 5.09. The second-order valence-electron chi connectivity index (χ2n) is 4.08. The zero-order valence-corrected chi connectivity index (χ0v) is 10.6. The van der Waals surface area contributed by atoms with Gasteiger partial charge in [0.25, 0.3) is 0 Å². The number of hydrogen-bond donors (Lipinski definition) is 1. The van der Waals surface area contributed by atoms with Crippen molar-refractivity contribution < 1.29 is 4.74 Å². The molecule has 2 N–H and O–H groups in total. The van der Waals surface area contributed by atoms with Crippen molar-refractivity contribution in [1.82, 2.24) is 9.88 Å². The Balaban J connectivity index is 2.31. The van der Waals surface area contributed by atoms with E-state index in [1.54, 1.807) is 7.11 Å². The molecule has 0 atom stereocenters. The quantitative estimate of drug-likeness (QED) is 0.694. The summed E-state index contributed by atoms with van der Waals surface area (Å²) in [6.45, 7) is 4.60. The van der Waals surface area contributed by atoms with E-state index in [1.165, 1.54) is 5.56 Å². The van der Waals surface area contributed by atoms with Crippen molar-refractivity contribution in [2.24, 2.45) is 5.73 Å². The highest BCUT2D eigenvalue weighted by Crippen LogP contribution is 2.00. The van der Waals surface area contributed by atoms with Gasteiger partial charge in [0.1, 0.15) is 0 Å². The summed E-state index contributed by atoms with van der Waals surface area (Å²) in [5.74, 6) is 0. The third-order valence-electron chi connectivity index (χ3n) is 2.76. The molecular formula is C13H23N3O. The fraction of sp³-hybridized carbons (Fsp3) is 0.615. The first-order chi connectivity index (χ1) is 8.36. The van der Waals surface area contributed by atoms with Crippen molar-refractivity contribution in [3.63, 3.8) is 0 Å². The molecule has 0 fully saturated rings. The van der Waals surface area contributed by atoms with Crippen LogP contribution in [0.4, 0.5) is 0 Å². The molecule has 0 saturated carbocycles. The number of pyridine rings is 1. The molecule has 1 aromatic heterocycles. The van der Waals surface area contributed by atoms with E-state index >= 15 is 0 Å². The highest BCUT2D eigenvalue weighted by atomic mass is 16.5. The Labute approximate surface area is 104 Å². The molecule has 4 heteroatoms. The van der Waals surface area contributed by atoms with Crippen LogP contribution in [0.5, 0.6) is 0 Å². The molecule has 1 rings (SSSR count). The molecular weight excluding hydrogens is 214 g/mol. The van der Waals surface area contributed by atoms with Gasteiger partial charge in [0.2, 0.25) is 0 Å². The molecule has 0 aliphatic rings. The van der Waals surface area contributed by atoms with E-state index in [4.69, 9.17) is 10.5 Å². The van der Waals surface area contributed by atoms with E-state index in [0.29, 0.717) is 0 Å². The molecule has 1 aromatic rings. The molecule has 96 valence electrons. The normalized spacial score (nSPS) is 11.0. The second kappa shape index (κ2) is 9.10. The first-order valence-corrected chi connectivity index (χ1v) is 6.17. The van der Waals surface area contributed by atoms with Crippen molar-refractivity contribution in [3.05, 3.63) is 30.1 Å². The second-order valence-corrected chi connectivity index (χ2v) is 4.08. The Morgan fingerprint density at radius 3 is 2.65 bits per heavy atom. The summed E-state index contributed by atoms with van der Waals surface area (Å²) < 4.78 is 5.12. The Kier molecular flexibility index (Phi) is 7.54. The van der Waals surface area contributed by atoms with E-state index in [-0.39, 0.29) is 0 Å². The molecule has 0 amide bonds. The number of rotatable bonds is 9. The average Bonchev–Trinajstić information content (AvgIpc) is 2.39. The molecule has 0 radical (unpaired) electrons. The van der Waals surface area contributed by atoms with Crippen LogP contribution in [-0.2, 0) is 11.2 Å². The van der Waals surface area contributed by atoms with Gasteiger partial charge < -0.3 is 15.4 Å². The van der Waals surface area contributed by atoms with Gasteiger partial charge in [0.05, 0.1) is 6.61 Å². The number of aromatic nitrogens is 1. The lowest BCUT2D eigenvalue weighted by Crippen LogP contribution is -2.31. The number of hydrogen-bond acceptors (Lipinski definition) is 4. The maximum Gasteiger partial charge on any atom is 0.0589 e. The molecule has 0 spiro atoms. The Hall–Kier alpha value is -0.970. The van der Waals surface area contributed by atoms with Crippen LogP contribution in [0.25, 0.3) is 0 Å². The summed E-state index contributed by atoms with van der Waals surface area (Å²) in [5, 5.41) is 0. The van der Waals surface area contributed by atoms with Crippen LogP contribution < -0.4 is 5.73 Å². The zero-order valence-electron chi connectivity index (χ0n) is 10.6. The predicted molar refractivity (Wildman–Crippen MR) is 69.9 cm³/mol. The molecule has 0 aliphatic carbocycles. The minimum Gasteiger partial charge on any atom is -0.383 e. The minimum absolute atomic E-state index is 0.749. The lowest BCUT2D eigenvalue weighted by molar-refractivity contribution is 0.148. The largest absolute Gasteiger partial charge is 0.383 e. The van der Waals surface area contributed by atoms with Gasteiger partial charge in [-0.1, -0.05) is 0 Å². The van der Waals surface area contributed by atoms with Crippen LogP contribution in [0.1, 0.15) is 12.0 Å². The van der Waals surface area contributed by atoms with Crippen LogP contribution in [0.3, 0.4) is 0 Å².